The van der Waals surface area contributed by atoms with E-state index < -0.39 is 27.0 Å². The lowest BCUT2D eigenvalue weighted by Crippen LogP contribution is -2.45. The van der Waals surface area contributed by atoms with Gasteiger partial charge in [-0.2, -0.15) is 0 Å². The van der Waals surface area contributed by atoms with Crippen LogP contribution in [0.1, 0.15) is 32.8 Å². The summed E-state index contributed by atoms with van der Waals surface area (Å²) in [6, 6.07) is 4.77. The third-order valence-corrected chi connectivity index (χ3v) is 5.28. The molecule has 1 amide bonds. The smallest absolute Gasteiger partial charge is 0.235 e. The first-order valence-electron chi connectivity index (χ1n) is 6.50. The van der Waals surface area contributed by atoms with Gasteiger partial charge in [-0.25, -0.2) is 8.42 Å². The zero-order valence-corrected chi connectivity index (χ0v) is 14.6. The second kappa shape index (κ2) is 6.99. The lowest BCUT2D eigenvalue weighted by atomic mass is 10.0. The number of carbonyl (C=O) groups is 1. The Morgan fingerprint density at radius 3 is 2.24 bits per heavy atom. The van der Waals surface area contributed by atoms with Crippen LogP contribution in [0.3, 0.4) is 0 Å². The van der Waals surface area contributed by atoms with E-state index in [0.29, 0.717) is 12.0 Å². The largest absolute Gasteiger partial charge is 0.350 e. The van der Waals surface area contributed by atoms with Crippen molar-refractivity contribution in [2.45, 2.75) is 38.5 Å². The number of hydrogen-bond acceptors (Lipinski definition) is 3. The molecule has 1 aromatic carbocycles. The summed E-state index contributed by atoms with van der Waals surface area (Å²) in [7, 11) is -3.64. The molecule has 0 heterocycles. The number of amides is 1. The second-order valence-electron chi connectivity index (χ2n) is 5.52. The van der Waals surface area contributed by atoms with Crippen molar-refractivity contribution in [1.82, 2.24) is 5.32 Å². The van der Waals surface area contributed by atoms with Crippen LogP contribution in [-0.4, -0.2) is 25.6 Å². The summed E-state index contributed by atoms with van der Waals surface area (Å²) < 4.78 is 24.2. The molecule has 0 fully saturated rings. The maximum Gasteiger partial charge on any atom is 0.235 e. The Morgan fingerprint density at radius 1 is 1.24 bits per heavy atom. The zero-order valence-electron chi connectivity index (χ0n) is 12.2. The van der Waals surface area contributed by atoms with Crippen LogP contribution < -0.4 is 5.32 Å². The Bertz CT molecular complexity index is 607. The average molecular weight is 352 g/mol. The van der Waals surface area contributed by atoms with Crippen LogP contribution in [0, 0.1) is 0 Å². The monoisotopic (exact) mass is 351 g/mol. The highest BCUT2D eigenvalue weighted by molar-refractivity contribution is 7.91. The Hall–Kier alpha value is -0.780. The number of benzene rings is 1. The summed E-state index contributed by atoms with van der Waals surface area (Å²) >= 11 is 11.9. The first-order chi connectivity index (χ1) is 9.56. The zero-order chi connectivity index (χ0) is 16.3. The third-order valence-electron chi connectivity index (χ3n) is 3.14. The number of hydrogen-bond donors (Lipinski definition) is 1. The lowest BCUT2D eigenvalue weighted by Gasteiger charge is -2.24. The van der Waals surface area contributed by atoms with E-state index >= 15 is 0 Å². The van der Waals surface area contributed by atoms with Crippen LogP contribution in [0.2, 0.25) is 10.0 Å². The van der Waals surface area contributed by atoms with E-state index in [1.54, 1.807) is 18.2 Å². The van der Waals surface area contributed by atoms with Crippen LogP contribution in [0.4, 0.5) is 0 Å². The van der Waals surface area contributed by atoms with Crippen molar-refractivity contribution in [2.75, 3.05) is 5.75 Å². The van der Waals surface area contributed by atoms with Crippen molar-refractivity contribution in [1.29, 1.82) is 0 Å². The summed E-state index contributed by atoms with van der Waals surface area (Å²) in [5.41, 5.74) is -0.113. The van der Waals surface area contributed by atoms with Crippen molar-refractivity contribution in [3.63, 3.8) is 0 Å². The maximum absolute atomic E-state index is 12.1. The standard InChI is InChI=1S/C14H19Cl2NO3S/c1-4-14(2,3)17-13(18)9-21(19,20)8-10-11(15)6-5-7-12(10)16/h5-7H,4,8-9H2,1-3H3,(H,17,18). The normalized spacial score (nSPS) is 12.2. The third kappa shape index (κ3) is 5.85. The predicted molar refractivity (Wildman–Crippen MR) is 86.5 cm³/mol. The highest BCUT2D eigenvalue weighted by Crippen LogP contribution is 2.26. The molecule has 0 bridgehead atoms. The molecule has 0 aliphatic rings. The highest BCUT2D eigenvalue weighted by Gasteiger charge is 2.24. The molecule has 0 radical (unpaired) electrons. The van der Waals surface area contributed by atoms with E-state index in [1.165, 1.54) is 0 Å². The summed E-state index contributed by atoms with van der Waals surface area (Å²) in [5, 5.41) is 3.25. The molecule has 0 atom stereocenters. The van der Waals surface area contributed by atoms with Crippen LogP contribution in [-0.2, 0) is 20.4 Å². The van der Waals surface area contributed by atoms with Crippen LogP contribution in [0.15, 0.2) is 18.2 Å². The highest BCUT2D eigenvalue weighted by atomic mass is 35.5. The molecular weight excluding hydrogens is 333 g/mol. The lowest BCUT2D eigenvalue weighted by molar-refractivity contribution is -0.120. The van der Waals surface area contributed by atoms with E-state index in [4.69, 9.17) is 23.2 Å². The van der Waals surface area contributed by atoms with E-state index in [1.807, 2.05) is 20.8 Å². The fraction of sp³-hybridized carbons (Fsp3) is 0.500. The summed E-state index contributed by atoms with van der Waals surface area (Å²) in [6.45, 7) is 5.59. The first-order valence-corrected chi connectivity index (χ1v) is 9.08. The van der Waals surface area contributed by atoms with Gasteiger partial charge in [-0.05, 0) is 32.4 Å². The van der Waals surface area contributed by atoms with Gasteiger partial charge in [-0.15, -0.1) is 0 Å². The molecule has 0 saturated heterocycles. The molecule has 0 unspecified atom stereocenters. The minimum Gasteiger partial charge on any atom is -0.350 e. The minimum absolute atomic E-state index is 0.278. The van der Waals surface area contributed by atoms with Gasteiger partial charge in [-0.3, -0.25) is 4.79 Å². The fourth-order valence-electron chi connectivity index (χ4n) is 1.64. The summed E-state index contributed by atoms with van der Waals surface area (Å²) in [6.07, 6.45) is 0.704. The van der Waals surface area contributed by atoms with Crippen molar-refractivity contribution >= 4 is 38.9 Å². The molecule has 1 N–H and O–H groups in total. The molecule has 0 saturated carbocycles. The minimum atomic E-state index is -3.64. The molecule has 0 aromatic heterocycles. The van der Waals surface area contributed by atoms with Crippen LogP contribution in [0.5, 0.6) is 0 Å². The molecule has 1 aromatic rings. The molecule has 21 heavy (non-hydrogen) atoms. The van der Waals surface area contributed by atoms with Crippen molar-refractivity contribution in [3.05, 3.63) is 33.8 Å². The average Bonchev–Trinajstić information content (AvgIpc) is 2.32. The predicted octanol–water partition coefficient (Wildman–Crippen LogP) is 3.21. The van der Waals surface area contributed by atoms with Gasteiger partial charge in [-0.1, -0.05) is 36.2 Å². The van der Waals surface area contributed by atoms with Gasteiger partial charge in [0, 0.05) is 21.1 Å². The number of sulfone groups is 1. The molecule has 7 heteroatoms. The number of rotatable bonds is 6. The number of carbonyl (C=O) groups excluding carboxylic acids is 1. The van der Waals surface area contributed by atoms with E-state index in [-0.39, 0.29) is 15.8 Å². The van der Waals surface area contributed by atoms with E-state index in [0.717, 1.165) is 0 Å². The van der Waals surface area contributed by atoms with Gasteiger partial charge in [0.05, 0.1) is 5.75 Å². The number of nitrogens with one attached hydrogen (secondary N) is 1. The summed E-state index contributed by atoms with van der Waals surface area (Å²) in [5.74, 6) is -1.46. The molecular formula is C14H19Cl2NO3S. The first kappa shape index (κ1) is 18.3. The van der Waals surface area contributed by atoms with Crippen molar-refractivity contribution in [3.8, 4) is 0 Å². The Kier molecular flexibility index (Phi) is 6.08. The van der Waals surface area contributed by atoms with Crippen LogP contribution in [0.25, 0.3) is 0 Å². The molecule has 0 spiro atoms. The van der Waals surface area contributed by atoms with Gasteiger partial charge < -0.3 is 5.32 Å². The molecule has 118 valence electrons. The molecule has 4 nitrogen and oxygen atoms in total. The van der Waals surface area contributed by atoms with Gasteiger partial charge in [0.1, 0.15) is 5.75 Å². The Morgan fingerprint density at radius 2 is 1.76 bits per heavy atom. The molecule has 0 aliphatic carbocycles. The van der Waals surface area contributed by atoms with Gasteiger partial charge in [0.2, 0.25) is 5.91 Å². The van der Waals surface area contributed by atoms with Gasteiger partial charge in [0.25, 0.3) is 0 Å². The van der Waals surface area contributed by atoms with E-state index in [9.17, 15) is 13.2 Å². The maximum atomic E-state index is 12.1. The Labute approximate surface area is 135 Å². The topological polar surface area (TPSA) is 63.2 Å². The summed E-state index contributed by atoms with van der Waals surface area (Å²) in [4.78, 5) is 11.8. The molecule has 0 aliphatic heterocycles. The fourth-order valence-corrected chi connectivity index (χ4v) is 3.66. The van der Waals surface area contributed by atoms with Gasteiger partial charge in [0.15, 0.2) is 9.84 Å². The van der Waals surface area contributed by atoms with Crippen molar-refractivity contribution < 1.29 is 13.2 Å². The quantitative estimate of drug-likeness (QED) is 0.855. The van der Waals surface area contributed by atoms with E-state index in [2.05, 4.69) is 5.32 Å². The second-order valence-corrected chi connectivity index (χ2v) is 8.40. The van der Waals surface area contributed by atoms with Crippen molar-refractivity contribution in [2.24, 2.45) is 0 Å². The molecule has 1 rings (SSSR count). The Balaban J connectivity index is 2.82. The van der Waals surface area contributed by atoms with Crippen LogP contribution >= 0.6 is 23.2 Å². The van der Waals surface area contributed by atoms with Gasteiger partial charge >= 0.3 is 0 Å². The SMILES string of the molecule is CCC(C)(C)NC(=O)CS(=O)(=O)Cc1c(Cl)cccc1Cl. The number of halogens is 2.